The first kappa shape index (κ1) is 17.1. The van der Waals surface area contributed by atoms with Crippen molar-refractivity contribution in [2.75, 3.05) is 18.5 Å². The van der Waals surface area contributed by atoms with Crippen LogP contribution < -0.4 is 21.3 Å². The van der Waals surface area contributed by atoms with E-state index in [0.717, 1.165) is 10.1 Å². The number of hydrogen-bond acceptors (Lipinski definition) is 6. The molecule has 1 aromatic carbocycles. The maximum atomic E-state index is 12.9. The topological polar surface area (TPSA) is 91.6 Å². The zero-order valence-corrected chi connectivity index (χ0v) is 15.2. The van der Waals surface area contributed by atoms with Gasteiger partial charge in [0, 0.05) is 14.1 Å². The van der Waals surface area contributed by atoms with Gasteiger partial charge in [0.2, 0.25) is 0 Å². The van der Waals surface area contributed by atoms with E-state index in [4.69, 9.17) is 9.47 Å². The molecule has 2 aromatic rings. The summed E-state index contributed by atoms with van der Waals surface area (Å²) in [6.07, 6.45) is 0. The summed E-state index contributed by atoms with van der Waals surface area (Å²) in [4.78, 5) is 37.7. The van der Waals surface area contributed by atoms with Gasteiger partial charge in [-0.05, 0) is 24.6 Å². The molecule has 4 rings (SSSR count). The number of carbonyl (C=O) groups excluding carboxylic acids is 1. The molecule has 3 heterocycles. The number of cyclic esters (lactones) is 1. The normalized spacial score (nSPS) is 17.9. The van der Waals surface area contributed by atoms with E-state index in [1.54, 1.807) is 19.2 Å². The highest BCUT2D eigenvalue weighted by Crippen LogP contribution is 2.42. The Morgan fingerprint density at radius 2 is 1.85 bits per heavy atom. The minimum Gasteiger partial charge on any atom is -0.494 e. The van der Waals surface area contributed by atoms with Crippen molar-refractivity contribution >= 4 is 11.8 Å². The maximum Gasteiger partial charge on any atom is 0.337 e. The second-order valence-corrected chi connectivity index (χ2v) is 6.50. The molecule has 1 unspecified atom stereocenters. The van der Waals surface area contributed by atoms with Gasteiger partial charge in [0.1, 0.15) is 18.2 Å². The largest absolute Gasteiger partial charge is 0.494 e. The fourth-order valence-electron chi connectivity index (χ4n) is 3.64. The van der Waals surface area contributed by atoms with Crippen LogP contribution in [0.15, 0.2) is 45.1 Å². The van der Waals surface area contributed by atoms with Gasteiger partial charge in [0.15, 0.2) is 0 Å². The van der Waals surface area contributed by atoms with Gasteiger partial charge in [-0.2, -0.15) is 0 Å². The third-order valence-electron chi connectivity index (χ3n) is 4.96. The summed E-state index contributed by atoms with van der Waals surface area (Å²) < 4.78 is 13.1. The van der Waals surface area contributed by atoms with E-state index in [9.17, 15) is 14.4 Å². The zero-order valence-electron chi connectivity index (χ0n) is 15.2. The second kappa shape index (κ2) is 6.15. The Hall–Kier alpha value is -3.29. The lowest BCUT2D eigenvalue weighted by Gasteiger charge is -2.28. The zero-order chi connectivity index (χ0) is 19.3. The number of carbonyl (C=O) groups is 1. The molecule has 0 radical (unpaired) electrons. The van der Waals surface area contributed by atoms with Gasteiger partial charge < -0.3 is 14.8 Å². The van der Waals surface area contributed by atoms with Crippen molar-refractivity contribution in [1.29, 1.82) is 0 Å². The summed E-state index contributed by atoms with van der Waals surface area (Å²) in [5, 5.41) is 3.06. The molecule has 2 aliphatic rings. The molecule has 1 N–H and O–H groups in total. The Balaban J connectivity index is 1.98. The van der Waals surface area contributed by atoms with Crippen molar-refractivity contribution in [2.24, 2.45) is 14.1 Å². The Kier molecular flexibility index (Phi) is 3.91. The summed E-state index contributed by atoms with van der Waals surface area (Å²) in [5.41, 5.74) is 1.21. The Bertz CT molecular complexity index is 1090. The van der Waals surface area contributed by atoms with Crippen molar-refractivity contribution in [3.63, 3.8) is 0 Å². The molecule has 140 valence electrons. The van der Waals surface area contributed by atoms with Gasteiger partial charge in [-0.15, -0.1) is 0 Å². The first-order valence-corrected chi connectivity index (χ1v) is 8.63. The molecule has 8 nitrogen and oxygen atoms in total. The van der Waals surface area contributed by atoms with Crippen molar-refractivity contribution in [3.8, 4) is 5.75 Å². The molecule has 1 atom stereocenters. The molecule has 0 saturated heterocycles. The van der Waals surface area contributed by atoms with E-state index >= 15 is 0 Å². The monoisotopic (exact) mass is 369 g/mol. The number of rotatable bonds is 3. The molecule has 2 aliphatic heterocycles. The predicted molar refractivity (Wildman–Crippen MR) is 98.0 cm³/mol. The summed E-state index contributed by atoms with van der Waals surface area (Å²) in [5.74, 6) is 0.0105. The SMILES string of the molecule is CCOc1ccc(C2C3=C(COC3=O)Nc3c2c(=O)n(C)c(=O)n3C)cc1. The number of nitrogens with one attached hydrogen (secondary N) is 1. The average Bonchev–Trinajstić information content (AvgIpc) is 3.05. The third kappa shape index (κ3) is 2.48. The van der Waals surface area contributed by atoms with Crippen molar-refractivity contribution in [1.82, 2.24) is 9.13 Å². The van der Waals surface area contributed by atoms with Gasteiger partial charge in [-0.25, -0.2) is 9.59 Å². The first-order valence-electron chi connectivity index (χ1n) is 8.63. The summed E-state index contributed by atoms with van der Waals surface area (Å²) in [6.45, 7) is 2.52. The summed E-state index contributed by atoms with van der Waals surface area (Å²) >= 11 is 0. The van der Waals surface area contributed by atoms with Crippen LogP contribution in [0.2, 0.25) is 0 Å². The summed E-state index contributed by atoms with van der Waals surface area (Å²) in [7, 11) is 3.02. The maximum absolute atomic E-state index is 12.9. The van der Waals surface area contributed by atoms with E-state index in [0.29, 0.717) is 35.0 Å². The minimum atomic E-state index is -0.618. The number of benzene rings is 1. The second-order valence-electron chi connectivity index (χ2n) is 6.50. The third-order valence-corrected chi connectivity index (χ3v) is 4.96. The molecule has 0 fully saturated rings. The first-order chi connectivity index (χ1) is 12.9. The van der Waals surface area contributed by atoms with Gasteiger partial charge in [-0.1, -0.05) is 12.1 Å². The lowest BCUT2D eigenvalue weighted by atomic mass is 9.82. The van der Waals surface area contributed by atoms with Gasteiger partial charge in [-0.3, -0.25) is 13.9 Å². The highest BCUT2D eigenvalue weighted by atomic mass is 16.5. The molecule has 0 aliphatic carbocycles. The Morgan fingerprint density at radius 1 is 1.15 bits per heavy atom. The van der Waals surface area contributed by atoms with E-state index < -0.39 is 23.1 Å². The van der Waals surface area contributed by atoms with Crippen LogP contribution in [0.5, 0.6) is 5.75 Å². The van der Waals surface area contributed by atoms with E-state index in [-0.39, 0.29) is 6.61 Å². The predicted octanol–water partition coefficient (Wildman–Crippen LogP) is 0.851. The van der Waals surface area contributed by atoms with Gasteiger partial charge in [0.25, 0.3) is 5.56 Å². The number of esters is 1. The standard InChI is InChI=1S/C19H19N3O5/c1-4-26-11-7-5-10(6-8-11)13-14-12(9-27-18(14)24)20-16-15(13)17(23)22(3)19(25)21(16)2/h5-8,13,20H,4,9H2,1-3H3. The molecule has 1 aromatic heterocycles. The average molecular weight is 369 g/mol. The van der Waals surface area contributed by atoms with Crippen LogP contribution in [0.3, 0.4) is 0 Å². The van der Waals surface area contributed by atoms with Crippen LogP contribution in [0.1, 0.15) is 24.0 Å². The molecule has 0 bridgehead atoms. The fourth-order valence-corrected chi connectivity index (χ4v) is 3.64. The minimum absolute atomic E-state index is 0.0878. The number of ether oxygens (including phenoxy) is 2. The number of aromatic nitrogens is 2. The van der Waals surface area contributed by atoms with Crippen LogP contribution in [0, 0.1) is 0 Å². The molecule has 8 heteroatoms. The number of anilines is 1. The van der Waals surface area contributed by atoms with Crippen molar-refractivity contribution in [3.05, 3.63) is 67.5 Å². The molecule has 0 amide bonds. The molecule has 0 spiro atoms. The van der Waals surface area contributed by atoms with Crippen LogP contribution in [-0.4, -0.2) is 28.3 Å². The van der Waals surface area contributed by atoms with E-state index in [1.807, 2.05) is 19.1 Å². The van der Waals surface area contributed by atoms with Gasteiger partial charge in [0.05, 0.1) is 29.4 Å². The molecular formula is C19H19N3O5. The molecule has 0 saturated carbocycles. The van der Waals surface area contributed by atoms with Crippen molar-refractivity contribution < 1.29 is 14.3 Å². The van der Waals surface area contributed by atoms with E-state index in [2.05, 4.69) is 5.32 Å². The van der Waals surface area contributed by atoms with E-state index in [1.165, 1.54) is 11.6 Å². The number of fused-ring (bicyclic) bond motifs is 1. The Morgan fingerprint density at radius 3 is 2.52 bits per heavy atom. The highest BCUT2D eigenvalue weighted by Gasteiger charge is 2.41. The summed E-state index contributed by atoms with van der Waals surface area (Å²) in [6, 6.07) is 7.25. The lowest BCUT2D eigenvalue weighted by molar-refractivity contribution is -0.136. The smallest absolute Gasteiger partial charge is 0.337 e. The molecule has 27 heavy (non-hydrogen) atoms. The van der Waals surface area contributed by atoms with Crippen LogP contribution in [0.25, 0.3) is 0 Å². The van der Waals surface area contributed by atoms with Crippen LogP contribution >= 0.6 is 0 Å². The van der Waals surface area contributed by atoms with Crippen LogP contribution in [-0.2, 0) is 23.6 Å². The fraction of sp³-hybridized carbons (Fsp3) is 0.316. The van der Waals surface area contributed by atoms with Gasteiger partial charge >= 0.3 is 11.7 Å². The molecular weight excluding hydrogens is 350 g/mol. The quantitative estimate of drug-likeness (QED) is 0.807. The number of nitrogens with zero attached hydrogens (tertiary/aromatic N) is 2. The Labute approximate surface area is 154 Å². The number of hydrogen-bond donors (Lipinski definition) is 1. The van der Waals surface area contributed by atoms with Crippen LogP contribution in [0.4, 0.5) is 5.82 Å². The highest BCUT2D eigenvalue weighted by molar-refractivity contribution is 5.96. The van der Waals surface area contributed by atoms with Crippen molar-refractivity contribution in [2.45, 2.75) is 12.8 Å². The lowest BCUT2D eigenvalue weighted by Crippen LogP contribution is -2.43.